The molecule has 1 heterocycles. The van der Waals surface area contributed by atoms with E-state index in [1.54, 1.807) is 11.3 Å². The Labute approximate surface area is 80.2 Å². The molecule has 1 rings (SSSR count). The van der Waals surface area contributed by atoms with Crippen LogP contribution >= 0.6 is 11.3 Å². The van der Waals surface area contributed by atoms with Gasteiger partial charge in [-0.15, -0.1) is 0 Å². The molecule has 0 aliphatic carbocycles. The zero-order valence-electron chi connectivity index (χ0n) is 7.40. The van der Waals surface area contributed by atoms with E-state index in [0.717, 1.165) is 11.3 Å². The van der Waals surface area contributed by atoms with Crippen molar-refractivity contribution in [2.45, 2.75) is 6.92 Å². The Bertz CT molecular complexity index is 306. The van der Waals surface area contributed by atoms with Crippen LogP contribution in [0.4, 0.5) is 4.79 Å². The van der Waals surface area contributed by atoms with E-state index in [4.69, 9.17) is 0 Å². The first kappa shape index (κ1) is 9.73. The van der Waals surface area contributed by atoms with E-state index in [1.165, 1.54) is 7.11 Å². The fraction of sp³-hybridized carbons (Fsp3) is 0.250. The summed E-state index contributed by atoms with van der Waals surface area (Å²) in [6.07, 6.45) is -0.561. The average molecular weight is 198 g/mol. The first-order chi connectivity index (χ1) is 6.24. The Morgan fingerprint density at radius 2 is 2.46 bits per heavy atom. The van der Waals surface area contributed by atoms with E-state index >= 15 is 0 Å². The molecule has 5 heteroatoms. The summed E-state index contributed by atoms with van der Waals surface area (Å²) in [5.74, 6) is 0. The van der Waals surface area contributed by atoms with Crippen LogP contribution in [0, 0.1) is 0 Å². The number of carbonyl (C=O) groups is 1. The number of thiophene rings is 1. The quantitative estimate of drug-likeness (QED) is 0.582. The van der Waals surface area contributed by atoms with Crippen molar-refractivity contribution in [1.82, 2.24) is 5.43 Å². The first-order valence-corrected chi connectivity index (χ1v) is 4.59. The van der Waals surface area contributed by atoms with Crippen molar-refractivity contribution >= 4 is 23.1 Å². The average Bonchev–Trinajstić information content (AvgIpc) is 2.66. The smallest absolute Gasteiger partial charge is 0.427 e. The molecular weight excluding hydrogens is 188 g/mol. The van der Waals surface area contributed by atoms with Gasteiger partial charge in [0.2, 0.25) is 0 Å². The fourth-order valence-electron chi connectivity index (χ4n) is 0.710. The highest BCUT2D eigenvalue weighted by Crippen LogP contribution is 2.06. The Kier molecular flexibility index (Phi) is 3.45. The van der Waals surface area contributed by atoms with Crippen LogP contribution in [0.1, 0.15) is 12.5 Å². The van der Waals surface area contributed by atoms with Crippen LogP contribution in [-0.4, -0.2) is 18.9 Å². The fourth-order valence-corrected chi connectivity index (χ4v) is 1.41. The number of amides is 1. The molecule has 0 spiro atoms. The maximum atomic E-state index is 10.6. The van der Waals surface area contributed by atoms with Crippen LogP contribution in [0.15, 0.2) is 21.9 Å². The SMILES string of the molecule is COC(=O)NN=C(C)c1ccsc1. The standard InChI is InChI=1S/C8H10N2O2S/c1-6(7-3-4-13-5-7)9-10-8(11)12-2/h3-5H,1-2H3,(H,10,11). The maximum absolute atomic E-state index is 10.6. The van der Waals surface area contributed by atoms with Gasteiger partial charge in [0.15, 0.2) is 0 Å². The molecule has 1 aromatic heterocycles. The van der Waals surface area contributed by atoms with E-state index in [9.17, 15) is 4.79 Å². The molecule has 0 fully saturated rings. The summed E-state index contributed by atoms with van der Waals surface area (Å²) in [4.78, 5) is 10.6. The Morgan fingerprint density at radius 3 is 3.00 bits per heavy atom. The van der Waals surface area contributed by atoms with Crippen molar-refractivity contribution in [2.75, 3.05) is 7.11 Å². The lowest BCUT2D eigenvalue weighted by Crippen LogP contribution is -2.18. The summed E-state index contributed by atoms with van der Waals surface area (Å²) in [5.41, 5.74) is 4.01. The zero-order valence-corrected chi connectivity index (χ0v) is 8.22. The third kappa shape index (κ3) is 2.87. The lowest BCUT2D eigenvalue weighted by atomic mass is 10.2. The number of hydrazone groups is 1. The molecule has 0 unspecified atom stereocenters. The molecule has 0 aliphatic heterocycles. The van der Waals surface area contributed by atoms with Gasteiger partial charge < -0.3 is 4.74 Å². The molecular formula is C8H10N2O2S. The first-order valence-electron chi connectivity index (χ1n) is 3.65. The van der Waals surface area contributed by atoms with Crippen LogP contribution in [0.3, 0.4) is 0 Å². The second kappa shape index (κ2) is 4.61. The van der Waals surface area contributed by atoms with Gasteiger partial charge in [-0.3, -0.25) is 0 Å². The number of nitrogens with one attached hydrogen (secondary N) is 1. The van der Waals surface area contributed by atoms with Crippen molar-refractivity contribution in [2.24, 2.45) is 5.10 Å². The van der Waals surface area contributed by atoms with Crippen LogP contribution in [0.5, 0.6) is 0 Å². The summed E-state index contributed by atoms with van der Waals surface area (Å²) in [6.45, 7) is 1.82. The number of ether oxygens (including phenoxy) is 1. The Morgan fingerprint density at radius 1 is 1.69 bits per heavy atom. The maximum Gasteiger partial charge on any atom is 0.427 e. The number of rotatable bonds is 2. The highest BCUT2D eigenvalue weighted by molar-refractivity contribution is 7.08. The highest BCUT2D eigenvalue weighted by Gasteiger charge is 1.98. The molecule has 0 aliphatic rings. The molecule has 1 aromatic rings. The van der Waals surface area contributed by atoms with Crippen molar-refractivity contribution in [3.8, 4) is 0 Å². The van der Waals surface area contributed by atoms with Crippen molar-refractivity contribution in [1.29, 1.82) is 0 Å². The molecule has 1 amide bonds. The van der Waals surface area contributed by atoms with Gasteiger partial charge >= 0.3 is 6.09 Å². The second-order valence-corrected chi connectivity index (χ2v) is 3.09. The van der Waals surface area contributed by atoms with E-state index < -0.39 is 6.09 Å². The van der Waals surface area contributed by atoms with Gasteiger partial charge in [0.05, 0.1) is 12.8 Å². The summed E-state index contributed by atoms with van der Waals surface area (Å²) in [7, 11) is 1.30. The zero-order chi connectivity index (χ0) is 9.68. The van der Waals surface area contributed by atoms with E-state index in [2.05, 4.69) is 15.3 Å². The summed E-state index contributed by atoms with van der Waals surface area (Å²) in [5, 5.41) is 7.74. The van der Waals surface area contributed by atoms with Crippen LogP contribution in [-0.2, 0) is 4.74 Å². The largest absolute Gasteiger partial charge is 0.452 e. The third-order valence-electron chi connectivity index (χ3n) is 1.44. The number of hydrogen-bond acceptors (Lipinski definition) is 4. The molecule has 0 radical (unpaired) electrons. The van der Waals surface area contributed by atoms with E-state index in [0.29, 0.717) is 0 Å². The van der Waals surface area contributed by atoms with Gasteiger partial charge in [-0.25, -0.2) is 10.2 Å². The van der Waals surface area contributed by atoms with Crippen molar-refractivity contribution in [3.63, 3.8) is 0 Å². The predicted molar refractivity (Wildman–Crippen MR) is 52.1 cm³/mol. The molecule has 0 saturated heterocycles. The minimum atomic E-state index is -0.561. The summed E-state index contributed by atoms with van der Waals surface area (Å²) < 4.78 is 4.36. The van der Waals surface area contributed by atoms with Gasteiger partial charge in [0.25, 0.3) is 0 Å². The number of nitrogens with zero attached hydrogens (tertiary/aromatic N) is 1. The van der Waals surface area contributed by atoms with Crippen LogP contribution in [0.25, 0.3) is 0 Å². The van der Waals surface area contributed by atoms with Crippen LogP contribution < -0.4 is 5.43 Å². The van der Waals surface area contributed by atoms with Gasteiger partial charge in [-0.2, -0.15) is 16.4 Å². The van der Waals surface area contributed by atoms with Gasteiger partial charge in [0, 0.05) is 5.56 Å². The normalized spacial score (nSPS) is 11.1. The number of carbonyl (C=O) groups excluding carboxylic acids is 1. The third-order valence-corrected chi connectivity index (χ3v) is 2.12. The molecule has 0 saturated carbocycles. The molecule has 0 atom stereocenters. The molecule has 0 bridgehead atoms. The molecule has 1 N–H and O–H groups in total. The van der Waals surface area contributed by atoms with Crippen LogP contribution in [0.2, 0.25) is 0 Å². The summed E-state index contributed by atoms with van der Waals surface area (Å²) in [6, 6.07) is 1.93. The predicted octanol–water partition coefficient (Wildman–Crippen LogP) is 1.83. The molecule has 13 heavy (non-hydrogen) atoms. The highest BCUT2D eigenvalue weighted by atomic mass is 32.1. The van der Waals surface area contributed by atoms with Crippen molar-refractivity contribution in [3.05, 3.63) is 22.4 Å². The topological polar surface area (TPSA) is 50.7 Å². The van der Waals surface area contributed by atoms with Gasteiger partial charge in [0.1, 0.15) is 0 Å². The van der Waals surface area contributed by atoms with E-state index in [1.807, 2.05) is 23.8 Å². The lowest BCUT2D eigenvalue weighted by molar-refractivity contribution is 0.171. The minimum absolute atomic E-state index is 0.561. The van der Waals surface area contributed by atoms with Gasteiger partial charge in [-0.1, -0.05) is 0 Å². The van der Waals surface area contributed by atoms with E-state index in [-0.39, 0.29) is 0 Å². The second-order valence-electron chi connectivity index (χ2n) is 2.31. The van der Waals surface area contributed by atoms with Crippen molar-refractivity contribution < 1.29 is 9.53 Å². The number of hydrogen-bond donors (Lipinski definition) is 1. The molecule has 4 nitrogen and oxygen atoms in total. The monoisotopic (exact) mass is 198 g/mol. The Balaban J connectivity index is 2.57. The minimum Gasteiger partial charge on any atom is -0.452 e. The number of methoxy groups -OCH3 is 1. The lowest BCUT2D eigenvalue weighted by Gasteiger charge is -1.98. The van der Waals surface area contributed by atoms with Gasteiger partial charge in [-0.05, 0) is 23.8 Å². The summed E-state index contributed by atoms with van der Waals surface area (Å²) >= 11 is 1.58. The Hall–Kier alpha value is -1.36. The molecule has 70 valence electrons. The molecule has 0 aromatic carbocycles.